The predicted octanol–water partition coefficient (Wildman–Crippen LogP) is 21.0. The van der Waals surface area contributed by atoms with Crippen LogP contribution in [0.2, 0.25) is 0 Å². The first kappa shape index (κ1) is 95.5. The molecule has 2 saturated heterocycles. The molecule has 2 fully saturated rings. The number of ether oxygens (including phenoxy) is 4. The number of allylic oxidation sites excluding steroid dienone is 4. The lowest BCUT2D eigenvalue weighted by molar-refractivity contribution is -0.359. The SMILES string of the molecule is CCCCCCC/C=C\C/C=C\CCCCCCCCCCCCCCCCCCCCCCCCCCCC(=O)NC(COC1OC(CO)C(OC2OC(CO)C(O)C(O)C2O)C(O)C1O)C(O)CCCCCCCCCCCCCCCCCCCCCCCCCCCCCCCC. The minimum absolute atomic E-state index is 0.196. The van der Waals surface area contributed by atoms with Crippen LogP contribution in [0, 0.1) is 0 Å². The smallest absolute Gasteiger partial charge is 0.220 e. The Kier molecular flexibility index (Phi) is 67.5. The molecule has 14 nitrogen and oxygen atoms in total. The number of carbonyl (C=O) groups excluding carboxylic acids is 1. The summed E-state index contributed by atoms with van der Waals surface area (Å²) in [5, 5.41) is 88.0. The van der Waals surface area contributed by atoms with Crippen LogP contribution in [0.1, 0.15) is 431 Å². The van der Waals surface area contributed by atoms with E-state index in [-0.39, 0.29) is 12.5 Å². The molecule has 2 rings (SSSR count). The average molecular weight is 1440 g/mol. The summed E-state index contributed by atoms with van der Waals surface area (Å²) in [6, 6.07) is -0.828. The van der Waals surface area contributed by atoms with Gasteiger partial charge in [0.25, 0.3) is 0 Å². The standard InChI is InChI=1S/C87H167NO13/c1-3-5-7-9-11-13-15-17-19-21-23-25-27-29-31-33-35-36-37-38-39-40-41-43-45-47-49-51-53-55-57-59-61-63-65-67-69-71-79(92)88-75(74-98-86-84(97)82(95)85(78(73-90)100-86)101-87-83(96)81(94)80(93)77(72-89)99-87)76(91)70-68-66-64-62-60-58-56-54-52-50-48-46-44-42-34-32-30-28-26-24-22-20-18-16-14-12-10-8-6-4-2/h15,17,21,23,75-78,80-87,89-91,93-97H,3-14,16,18-20,22,24-74H2,1-2H3,(H,88,92)/b17-15-,23-21-. The first-order chi connectivity index (χ1) is 49.6. The molecular weight excluding hydrogens is 1270 g/mol. The normalized spacial score (nSPS) is 21.8. The number of aliphatic hydroxyl groups is 8. The second-order valence-corrected chi connectivity index (χ2v) is 31.4. The lowest BCUT2D eigenvalue weighted by Gasteiger charge is -2.46. The quantitative estimate of drug-likeness (QED) is 0.0204. The number of carbonyl (C=O) groups is 1. The molecule has 0 aromatic carbocycles. The van der Waals surface area contributed by atoms with Crippen LogP contribution in [0.4, 0.5) is 0 Å². The molecule has 2 heterocycles. The third kappa shape index (κ3) is 53.8. The predicted molar refractivity (Wildman–Crippen MR) is 420 cm³/mol. The lowest BCUT2D eigenvalue weighted by atomic mass is 9.97. The van der Waals surface area contributed by atoms with Crippen molar-refractivity contribution in [2.24, 2.45) is 0 Å². The molecule has 101 heavy (non-hydrogen) atoms. The van der Waals surface area contributed by atoms with Crippen LogP contribution in [-0.2, 0) is 23.7 Å². The van der Waals surface area contributed by atoms with Gasteiger partial charge in [-0.25, -0.2) is 0 Å². The van der Waals surface area contributed by atoms with Gasteiger partial charge in [-0.15, -0.1) is 0 Å². The highest BCUT2D eigenvalue weighted by atomic mass is 16.7. The van der Waals surface area contributed by atoms with Crippen molar-refractivity contribution in [2.45, 2.75) is 505 Å². The Morgan fingerprint density at radius 3 is 0.990 bits per heavy atom. The molecule has 2 aliphatic heterocycles. The average Bonchev–Trinajstić information content (AvgIpc) is 0.792. The molecular formula is C87H167NO13. The topological polar surface area (TPSA) is 228 Å². The van der Waals surface area contributed by atoms with Crippen molar-refractivity contribution in [1.82, 2.24) is 5.32 Å². The van der Waals surface area contributed by atoms with E-state index in [1.54, 1.807) is 0 Å². The minimum atomic E-state index is -1.78. The number of hydrogen-bond acceptors (Lipinski definition) is 13. The fourth-order valence-electron chi connectivity index (χ4n) is 15.0. The van der Waals surface area contributed by atoms with Crippen molar-refractivity contribution in [3.05, 3.63) is 24.3 Å². The van der Waals surface area contributed by atoms with Gasteiger partial charge in [0, 0.05) is 6.42 Å². The maximum atomic E-state index is 13.4. The van der Waals surface area contributed by atoms with Crippen molar-refractivity contribution in [1.29, 1.82) is 0 Å². The third-order valence-electron chi connectivity index (χ3n) is 21.9. The summed E-state index contributed by atoms with van der Waals surface area (Å²) >= 11 is 0. The summed E-state index contributed by atoms with van der Waals surface area (Å²) in [7, 11) is 0. The molecule has 598 valence electrons. The van der Waals surface area contributed by atoms with Crippen molar-refractivity contribution in [2.75, 3.05) is 19.8 Å². The first-order valence-corrected chi connectivity index (χ1v) is 44.1. The molecule has 12 unspecified atom stereocenters. The van der Waals surface area contributed by atoms with E-state index in [1.165, 1.54) is 347 Å². The molecule has 2 aliphatic rings. The van der Waals surface area contributed by atoms with Crippen LogP contribution in [0.3, 0.4) is 0 Å². The Balaban J connectivity index is 1.56. The molecule has 1 amide bonds. The zero-order valence-electron chi connectivity index (χ0n) is 65.9. The van der Waals surface area contributed by atoms with Crippen molar-refractivity contribution < 1.29 is 64.6 Å². The molecule has 0 saturated carbocycles. The second kappa shape index (κ2) is 71.4. The van der Waals surface area contributed by atoms with Crippen molar-refractivity contribution in [3.63, 3.8) is 0 Å². The largest absolute Gasteiger partial charge is 0.394 e. The van der Waals surface area contributed by atoms with E-state index in [0.717, 1.165) is 57.8 Å². The Hall–Kier alpha value is -1.53. The summed E-state index contributed by atoms with van der Waals surface area (Å²) in [4.78, 5) is 13.4. The van der Waals surface area contributed by atoms with E-state index in [2.05, 4.69) is 43.5 Å². The van der Waals surface area contributed by atoms with Gasteiger partial charge in [0.1, 0.15) is 48.8 Å². The summed E-state index contributed by atoms with van der Waals surface area (Å²) in [6.07, 6.45) is 76.8. The second-order valence-electron chi connectivity index (χ2n) is 31.4. The Morgan fingerprint density at radius 1 is 0.356 bits per heavy atom. The molecule has 9 N–H and O–H groups in total. The van der Waals surface area contributed by atoms with E-state index < -0.39 is 86.8 Å². The fraction of sp³-hybridized carbons (Fsp3) is 0.943. The van der Waals surface area contributed by atoms with Gasteiger partial charge >= 0.3 is 0 Å². The monoisotopic (exact) mass is 1430 g/mol. The molecule has 0 bridgehead atoms. The highest BCUT2D eigenvalue weighted by Crippen LogP contribution is 2.31. The number of aliphatic hydroxyl groups excluding tert-OH is 8. The third-order valence-corrected chi connectivity index (χ3v) is 21.9. The van der Waals surface area contributed by atoms with Gasteiger partial charge in [0.15, 0.2) is 12.6 Å². The Labute approximate surface area is 621 Å². The van der Waals surface area contributed by atoms with E-state index in [0.29, 0.717) is 12.8 Å². The number of nitrogens with one attached hydrogen (secondary N) is 1. The van der Waals surface area contributed by atoms with Gasteiger partial charge in [-0.2, -0.15) is 0 Å². The number of amides is 1. The molecule has 0 radical (unpaired) electrons. The van der Waals surface area contributed by atoms with Gasteiger partial charge in [-0.3, -0.25) is 4.79 Å². The van der Waals surface area contributed by atoms with Crippen LogP contribution < -0.4 is 5.32 Å². The highest BCUT2D eigenvalue weighted by molar-refractivity contribution is 5.76. The first-order valence-electron chi connectivity index (χ1n) is 44.1. The summed E-state index contributed by atoms with van der Waals surface area (Å²) < 4.78 is 23.0. The van der Waals surface area contributed by atoms with E-state index >= 15 is 0 Å². The number of hydrogen-bond donors (Lipinski definition) is 9. The molecule has 0 aliphatic carbocycles. The maximum absolute atomic E-state index is 13.4. The van der Waals surface area contributed by atoms with E-state index in [9.17, 15) is 45.6 Å². The lowest BCUT2D eigenvalue weighted by Crippen LogP contribution is -2.65. The molecule has 0 aromatic rings. The van der Waals surface area contributed by atoms with E-state index in [1.807, 2.05) is 0 Å². The van der Waals surface area contributed by atoms with Crippen LogP contribution in [0.25, 0.3) is 0 Å². The molecule has 0 spiro atoms. The van der Waals surface area contributed by atoms with Crippen molar-refractivity contribution >= 4 is 5.91 Å². The van der Waals surface area contributed by atoms with Crippen LogP contribution in [0.15, 0.2) is 24.3 Å². The zero-order valence-corrected chi connectivity index (χ0v) is 65.9. The van der Waals surface area contributed by atoms with Crippen molar-refractivity contribution in [3.8, 4) is 0 Å². The zero-order chi connectivity index (χ0) is 73.0. The fourth-order valence-corrected chi connectivity index (χ4v) is 15.0. The number of unbranched alkanes of at least 4 members (excludes halogenated alkanes) is 59. The van der Waals surface area contributed by atoms with Crippen LogP contribution in [0.5, 0.6) is 0 Å². The van der Waals surface area contributed by atoms with Gasteiger partial charge in [-0.05, 0) is 44.9 Å². The Morgan fingerprint density at radius 2 is 0.653 bits per heavy atom. The van der Waals surface area contributed by atoms with Gasteiger partial charge in [-0.1, -0.05) is 404 Å². The molecule has 14 heteroatoms. The Bertz CT molecular complexity index is 1790. The highest BCUT2D eigenvalue weighted by Gasteiger charge is 2.51. The molecule has 12 atom stereocenters. The summed E-state index contributed by atoms with van der Waals surface area (Å²) in [5.74, 6) is -0.196. The maximum Gasteiger partial charge on any atom is 0.220 e. The minimum Gasteiger partial charge on any atom is -0.394 e. The number of rotatable bonds is 76. The van der Waals surface area contributed by atoms with Crippen LogP contribution >= 0.6 is 0 Å². The van der Waals surface area contributed by atoms with Gasteiger partial charge in [0.2, 0.25) is 5.91 Å². The summed E-state index contributed by atoms with van der Waals surface area (Å²) in [6.45, 7) is 2.93. The van der Waals surface area contributed by atoms with E-state index in [4.69, 9.17) is 18.9 Å². The van der Waals surface area contributed by atoms with Gasteiger partial charge < -0.3 is 65.1 Å². The summed E-state index contributed by atoms with van der Waals surface area (Å²) in [5.41, 5.74) is 0. The van der Waals surface area contributed by atoms with Gasteiger partial charge in [0.05, 0.1) is 32.0 Å². The van der Waals surface area contributed by atoms with Crippen LogP contribution in [-0.4, -0.2) is 140 Å². The molecule has 0 aromatic heterocycles.